The van der Waals surface area contributed by atoms with Crippen molar-refractivity contribution in [3.8, 4) is 44.9 Å². The van der Waals surface area contributed by atoms with Crippen molar-refractivity contribution in [3.63, 3.8) is 0 Å². The molecular weight excluding hydrogens is 544 g/mol. The van der Waals surface area contributed by atoms with Crippen LogP contribution in [0.4, 0.5) is 0 Å². The third-order valence-corrected chi connectivity index (χ3v) is 7.44. The molecule has 7 rings (SSSR count). The summed E-state index contributed by atoms with van der Waals surface area (Å²) in [4.78, 5) is 0. The van der Waals surface area contributed by atoms with Gasteiger partial charge in [-0.1, -0.05) is 113 Å². The molecule has 0 aliphatic carbocycles. The Morgan fingerprint density at radius 2 is 1.21 bits per heavy atom. The molecule has 0 aliphatic heterocycles. The lowest BCUT2D eigenvalue weighted by atomic mass is 9.93. The van der Waals surface area contributed by atoms with E-state index in [2.05, 4.69) is 107 Å². The Kier molecular flexibility index (Phi) is 5.99. The van der Waals surface area contributed by atoms with E-state index < -0.39 is 0 Å². The first-order valence-corrected chi connectivity index (χ1v) is 13.7. The summed E-state index contributed by atoms with van der Waals surface area (Å²) in [7, 11) is 0. The highest BCUT2D eigenvalue weighted by Crippen LogP contribution is 2.42. The van der Waals surface area contributed by atoms with Crippen LogP contribution in [0.2, 0.25) is 0 Å². The van der Waals surface area contributed by atoms with Gasteiger partial charge in [0.25, 0.3) is 0 Å². The number of ether oxygens (including phenoxy) is 1. The van der Waals surface area contributed by atoms with E-state index in [4.69, 9.17) is 9.15 Å². The number of halogens is 1. The monoisotopic (exact) mass is 566 g/mol. The Balaban J connectivity index is 1.33. The van der Waals surface area contributed by atoms with Gasteiger partial charge in [0.05, 0.1) is 0 Å². The Labute approximate surface area is 235 Å². The molecule has 1 heterocycles. The predicted octanol–water partition coefficient (Wildman–Crippen LogP) is 11.1. The van der Waals surface area contributed by atoms with Crippen LogP contribution in [0.15, 0.2) is 148 Å². The minimum absolute atomic E-state index is 0.763. The molecule has 6 aromatic carbocycles. The van der Waals surface area contributed by atoms with Crippen molar-refractivity contribution in [1.29, 1.82) is 0 Å². The highest BCUT2D eigenvalue weighted by atomic mass is 79.9. The third-order valence-electron chi connectivity index (χ3n) is 6.98. The second-order valence-corrected chi connectivity index (χ2v) is 10.4. The van der Waals surface area contributed by atoms with Crippen LogP contribution >= 0.6 is 15.9 Å². The number of hydrogen-bond acceptors (Lipinski definition) is 2. The van der Waals surface area contributed by atoms with Gasteiger partial charge in [0.1, 0.15) is 22.7 Å². The third kappa shape index (κ3) is 4.52. The van der Waals surface area contributed by atoms with E-state index in [9.17, 15) is 0 Å². The summed E-state index contributed by atoms with van der Waals surface area (Å²) >= 11 is 3.72. The second-order valence-electron chi connectivity index (χ2n) is 9.50. The number of fused-ring (bicyclic) bond motifs is 3. The largest absolute Gasteiger partial charge is 0.457 e. The Bertz CT molecular complexity index is 1940. The van der Waals surface area contributed by atoms with Gasteiger partial charge in [-0.2, -0.15) is 0 Å². The number of benzene rings is 6. The van der Waals surface area contributed by atoms with Crippen LogP contribution in [0.25, 0.3) is 55.3 Å². The van der Waals surface area contributed by atoms with Gasteiger partial charge in [-0.05, 0) is 70.3 Å². The molecule has 186 valence electrons. The molecule has 0 spiro atoms. The van der Waals surface area contributed by atoms with Crippen LogP contribution in [0, 0.1) is 0 Å². The summed E-state index contributed by atoms with van der Waals surface area (Å²) in [6.07, 6.45) is 0. The Morgan fingerprint density at radius 3 is 2.03 bits per heavy atom. The summed E-state index contributed by atoms with van der Waals surface area (Å²) in [5.41, 5.74) is 8.40. The van der Waals surface area contributed by atoms with Crippen molar-refractivity contribution >= 4 is 37.9 Å². The first-order valence-electron chi connectivity index (χ1n) is 12.9. The molecule has 1 aromatic heterocycles. The fraction of sp³-hybridized carbons (Fsp3) is 0. The average Bonchev–Trinajstić information content (AvgIpc) is 3.36. The standard InChI is InChI=1S/C36H23BrO2/c37-28-20-27(26-18-19-34-32(22-26)31-14-7-8-16-33(31)39-34)21-29(23-28)38-35-17-9-15-30(24-10-3-1-4-11-24)36(35)25-12-5-2-6-13-25/h1-23H. The molecule has 0 amide bonds. The lowest BCUT2D eigenvalue weighted by molar-refractivity contribution is 0.484. The molecule has 0 N–H and O–H groups in total. The molecule has 0 radical (unpaired) electrons. The van der Waals surface area contributed by atoms with Gasteiger partial charge >= 0.3 is 0 Å². The van der Waals surface area contributed by atoms with Gasteiger partial charge in [0.15, 0.2) is 0 Å². The summed E-state index contributed by atoms with van der Waals surface area (Å²) < 4.78 is 13.7. The zero-order valence-electron chi connectivity index (χ0n) is 21.0. The van der Waals surface area contributed by atoms with Crippen molar-refractivity contribution in [2.24, 2.45) is 0 Å². The summed E-state index contributed by atoms with van der Waals surface area (Å²) in [5.74, 6) is 1.57. The van der Waals surface area contributed by atoms with Crippen LogP contribution in [0.3, 0.4) is 0 Å². The van der Waals surface area contributed by atoms with E-state index in [1.165, 1.54) is 0 Å². The molecule has 2 nitrogen and oxygen atoms in total. The van der Waals surface area contributed by atoms with Crippen molar-refractivity contribution in [2.75, 3.05) is 0 Å². The van der Waals surface area contributed by atoms with Crippen molar-refractivity contribution in [3.05, 3.63) is 144 Å². The lowest BCUT2D eigenvalue weighted by Gasteiger charge is -2.17. The molecule has 7 aromatic rings. The number of hydrogen-bond donors (Lipinski definition) is 0. The minimum atomic E-state index is 0.763. The Morgan fingerprint density at radius 1 is 0.487 bits per heavy atom. The van der Waals surface area contributed by atoms with E-state index in [-0.39, 0.29) is 0 Å². The van der Waals surface area contributed by atoms with E-state index >= 15 is 0 Å². The molecule has 0 unspecified atom stereocenters. The molecule has 3 heteroatoms. The quantitative estimate of drug-likeness (QED) is 0.206. The summed E-state index contributed by atoms with van der Waals surface area (Å²) in [6.45, 7) is 0. The van der Waals surface area contributed by atoms with Crippen molar-refractivity contribution in [2.45, 2.75) is 0 Å². The molecule has 0 saturated heterocycles. The smallest absolute Gasteiger partial charge is 0.135 e. The topological polar surface area (TPSA) is 22.4 Å². The Hall–Kier alpha value is -4.60. The van der Waals surface area contributed by atoms with E-state index in [1.54, 1.807) is 0 Å². The molecule has 0 bridgehead atoms. The van der Waals surface area contributed by atoms with E-state index in [0.717, 1.165) is 71.3 Å². The highest BCUT2D eigenvalue weighted by molar-refractivity contribution is 9.10. The lowest BCUT2D eigenvalue weighted by Crippen LogP contribution is -1.92. The average molecular weight is 567 g/mol. The first kappa shape index (κ1) is 23.5. The SMILES string of the molecule is Brc1cc(Oc2cccc(-c3ccccc3)c2-c2ccccc2)cc(-c2ccc3oc4ccccc4c3c2)c1. The number of furan rings is 1. The summed E-state index contributed by atoms with van der Waals surface area (Å²) in [5, 5.41) is 2.22. The second kappa shape index (κ2) is 9.94. The predicted molar refractivity (Wildman–Crippen MR) is 164 cm³/mol. The number of rotatable bonds is 5. The normalized spacial score (nSPS) is 11.2. The van der Waals surface area contributed by atoms with E-state index in [0.29, 0.717) is 0 Å². The maximum absolute atomic E-state index is 6.66. The first-order chi connectivity index (χ1) is 19.2. The van der Waals surface area contributed by atoms with Gasteiger partial charge in [-0.15, -0.1) is 0 Å². The molecule has 0 atom stereocenters. The van der Waals surface area contributed by atoms with Crippen LogP contribution in [0.5, 0.6) is 11.5 Å². The van der Waals surface area contributed by atoms with Gasteiger partial charge in [0.2, 0.25) is 0 Å². The number of para-hydroxylation sites is 1. The highest BCUT2D eigenvalue weighted by Gasteiger charge is 2.15. The van der Waals surface area contributed by atoms with Crippen molar-refractivity contribution in [1.82, 2.24) is 0 Å². The van der Waals surface area contributed by atoms with Gasteiger partial charge in [-0.3, -0.25) is 0 Å². The van der Waals surface area contributed by atoms with Crippen LogP contribution in [-0.4, -0.2) is 0 Å². The molecule has 0 saturated carbocycles. The molecule has 0 aliphatic rings. The zero-order chi connectivity index (χ0) is 26.2. The van der Waals surface area contributed by atoms with Gasteiger partial charge in [-0.25, -0.2) is 0 Å². The minimum Gasteiger partial charge on any atom is -0.457 e. The zero-order valence-corrected chi connectivity index (χ0v) is 22.6. The summed E-state index contributed by atoms with van der Waals surface area (Å²) in [6, 6.07) is 47.8. The molecule has 0 fully saturated rings. The van der Waals surface area contributed by atoms with E-state index in [1.807, 2.05) is 48.5 Å². The van der Waals surface area contributed by atoms with Gasteiger partial charge < -0.3 is 9.15 Å². The fourth-order valence-electron chi connectivity index (χ4n) is 5.20. The van der Waals surface area contributed by atoms with Gasteiger partial charge in [0, 0.05) is 20.8 Å². The molecule has 39 heavy (non-hydrogen) atoms. The molecular formula is C36H23BrO2. The van der Waals surface area contributed by atoms with Crippen LogP contribution < -0.4 is 4.74 Å². The fourth-order valence-corrected chi connectivity index (χ4v) is 5.67. The maximum atomic E-state index is 6.66. The maximum Gasteiger partial charge on any atom is 0.135 e. The van der Waals surface area contributed by atoms with Crippen LogP contribution in [0.1, 0.15) is 0 Å². The van der Waals surface area contributed by atoms with Crippen molar-refractivity contribution < 1.29 is 9.15 Å². The van der Waals surface area contributed by atoms with Crippen LogP contribution in [-0.2, 0) is 0 Å².